The molecule has 2 saturated heterocycles. The molecule has 2 aliphatic heterocycles. The zero-order valence-electron chi connectivity index (χ0n) is 21.5. The van der Waals surface area contributed by atoms with Crippen molar-refractivity contribution in [3.63, 3.8) is 0 Å². The van der Waals surface area contributed by atoms with E-state index in [1.165, 1.54) is 5.56 Å². The predicted octanol–water partition coefficient (Wildman–Crippen LogP) is 4.48. The molecule has 0 atom stereocenters. The van der Waals surface area contributed by atoms with Gasteiger partial charge in [0.2, 0.25) is 0 Å². The maximum Gasteiger partial charge on any atom is 0.289 e. The molecular formula is C29H34N2O6. The van der Waals surface area contributed by atoms with E-state index in [0.29, 0.717) is 64.5 Å². The molecule has 3 aromatic rings. The molecule has 1 aromatic heterocycles. The van der Waals surface area contributed by atoms with Gasteiger partial charge in [0.25, 0.3) is 5.91 Å². The van der Waals surface area contributed by atoms with E-state index in [9.17, 15) is 4.79 Å². The zero-order chi connectivity index (χ0) is 25.7. The Morgan fingerprint density at radius 2 is 1.68 bits per heavy atom. The smallest absolute Gasteiger partial charge is 0.289 e. The van der Waals surface area contributed by atoms with Crippen LogP contribution in [0.15, 0.2) is 65.1 Å². The Hall–Kier alpha value is -3.33. The first-order valence-corrected chi connectivity index (χ1v) is 12.7. The highest BCUT2D eigenvalue weighted by molar-refractivity contribution is 5.91. The average Bonchev–Trinajstić information content (AvgIpc) is 3.59. The summed E-state index contributed by atoms with van der Waals surface area (Å²) in [6, 6.07) is 19.8. The number of ether oxygens (including phenoxy) is 4. The second-order valence-electron chi connectivity index (χ2n) is 9.47. The highest BCUT2D eigenvalue weighted by atomic mass is 16.7. The topological polar surface area (TPSA) is 73.6 Å². The van der Waals surface area contributed by atoms with Gasteiger partial charge in [-0.3, -0.25) is 9.69 Å². The van der Waals surface area contributed by atoms with Gasteiger partial charge in [0.1, 0.15) is 17.3 Å². The van der Waals surface area contributed by atoms with Crippen LogP contribution in [0, 0.1) is 0 Å². The zero-order valence-corrected chi connectivity index (χ0v) is 21.5. The van der Waals surface area contributed by atoms with E-state index >= 15 is 0 Å². The summed E-state index contributed by atoms with van der Waals surface area (Å²) in [6.45, 7) is 4.28. The number of likely N-dealkylation sites (tertiary alicyclic amines) is 1. The van der Waals surface area contributed by atoms with Gasteiger partial charge in [0.05, 0.1) is 34.0 Å². The summed E-state index contributed by atoms with van der Waals surface area (Å²) in [5.74, 6) is 2.06. The highest BCUT2D eigenvalue weighted by Gasteiger charge is 2.41. The van der Waals surface area contributed by atoms with Gasteiger partial charge in [-0.2, -0.15) is 0 Å². The molecule has 3 heterocycles. The molecule has 0 unspecified atom stereocenters. The minimum absolute atomic E-state index is 0.0943. The molecule has 0 bridgehead atoms. The largest absolute Gasteiger partial charge is 0.497 e. The van der Waals surface area contributed by atoms with Crippen molar-refractivity contribution in [2.24, 2.45) is 0 Å². The number of hydrogen-bond donors (Lipinski definition) is 0. The fourth-order valence-corrected chi connectivity index (χ4v) is 5.05. The van der Waals surface area contributed by atoms with Gasteiger partial charge in [-0.25, -0.2) is 0 Å². The van der Waals surface area contributed by atoms with E-state index in [1.54, 1.807) is 20.3 Å². The fourth-order valence-electron chi connectivity index (χ4n) is 5.05. The van der Waals surface area contributed by atoms with Crippen molar-refractivity contribution in [3.05, 3.63) is 83.3 Å². The SMILES string of the molecule is COc1ccc(OC)c(CN(Cc2ccccc2)Cc2ccc(C(=O)N3CCC4(CC3)OCCO4)o2)c1. The normalized spacial score (nSPS) is 16.9. The Morgan fingerprint density at radius 3 is 2.38 bits per heavy atom. The monoisotopic (exact) mass is 506 g/mol. The average molecular weight is 507 g/mol. The van der Waals surface area contributed by atoms with E-state index in [-0.39, 0.29) is 5.91 Å². The van der Waals surface area contributed by atoms with Crippen molar-refractivity contribution < 1.29 is 28.2 Å². The summed E-state index contributed by atoms with van der Waals surface area (Å²) in [6.07, 6.45) is 1.36. The summed E-state index contributed by atoms with van der Waals surface area (Å²) < 4.78 is 28.7. The van der Waals surface area contributed by atoms with Crippen LogP contribution < -0.4 is 9.47 Å². The quantitative estimate of drug-likeness (QED) is 0.424. The van der Waals surface area contributed by atoms with Crippen molar-refractivity contribution in [2.75, 3.05) is 40.5 Å². The number of furan rings is 1. The Balaban J connectivity index is 1.29. The van der Waals surface area contributed by atoms with Crippen molar-refractivity contribution in [2.45, 2.75) is 38.3 Å². The van der Waals surface area contributed by atoms with Crippen LogP contribution >= 0.6 is 0 Å². The molecule has 0 N–H and O–H groups in total. The fraction of sp³-hybridized carbons (Fsp3) is 0.414. The van der Waals surface area contributed by atoms with Crippen molar-refractivity contribution in [1.29, 1.82) is 0 Å². The van der Waals surface area contributed by atoms with Gasteiger partial charge in [-0.15, -0.1) is 0 Å². The number of rotatable bonds is 9. The summed E-state index contributed by atoms with van der Waals surface area (Å²) in [7, 11) is 3.33. The first-order chi connectivity index (χ1) is 18.1. The van der Waals surface area contributed by atoms with E-state index < -0.39 is 5.79 Å². The lowest BCUT2D eigenvalue weighted by Gasteiger charge is -2.37. The standard InChI is InChI=1S/C29H34N2O6/c1-33-24-8-10-26(34-2)23(18-24)20-30(19-22-6-4-3-5-7-22)21-25-9-11-27(37-25)28(32)31-14-12-29(13-15-31)35-16-17-36-29/h3-11,18H,12-17,19-21H2,1-2H3. The molecule has 37 heavy (non-hydrogen) atoms. The first-order valence-electron chi connectivity index (χ1n) is 12.7. The van der Waals surface area contributed by atoms with Crippen LogP contribution in [0.2, 0.25) is 0 Å². The van der Waals surface area contributed by atoms with Crippen molar-refractivity contribution in [1.82, 2.24) is 9.80 Å². The van der Waals surface area contributed by atoms with Gasteiger partial charge < -0.3 is 28.3 Å². The first kappa shape index (κ1) is 25.3. The van der Waals surface area contributed by atoms with Crippen LogP contribution in [0.1, 0.15) is 40.3 Å². The third-order valence-electron chi connectivity index (χ3n) is 7.01. The molecular weight excluding hydrogens is 472 g/mol. The Morgan fingerprint density at radius 1 is 0.919 bits per heavy atom. The number of piperidine rings is 1. The number of benzene rings is 2. The summed E-state index contributed by atoms with van der Waals surface area (Å²) in [5, 5.41) is 0. The van der Waals surface area contributed by atoms with Gasteiger partial charge in [0.15, 0.2) is 11.5 Å². The van der Waals surface area contributed by atoms with Gasteiger partial charge in [0, 0.05) is 44.6 Å². The van der Waals surface area contributed by atoms with Crippen molar-refractivity contribution in [3.8, 4) is 11.5 Å². The van der Waals surface area contributed by atoms with E-state index in [4.69, 9.17) is 23.4 Å². The third-order valence-corrected chi connectivity index (χ3v) is 7.01. The van der Waals surface area contributed by atoms with Crippen LogP contribution in [0.3, 0.4) is 0 Å². The molecule has 1 amide bonds. The van der Waals surface area contributed by atoms with E-state index in [2.05, 4.69) is 17.0 Å². The lowest BCUT2D eigenvalue weighted by atomic mass is 10.0. The Bertz CT molecular complexity index is 1180. The molecule has 8 nitrogen and oxygen atoms in total. The van der Waals surface area contributed by atoms with Crippen LogP contribution in [0.4, 0.5) is 0 Å². The van der Waals surface area contributed by atoms with Gasteiger partial charge in [-0.05, 0) is 35.9 Å². The number of hydrogen-bond acceptors (Lipinski definition) is 7. The second-order valence-corrected chi connectivity index (χ2v) is 9.47. The number of methoxy groups -OCH3 is 2. The second kappa shape index (κ2) is 11.4. The lowest BCUT2D eigenvalue weighted by molar-refractivity contribution is -0.181. The number of carbonyl (C=O) groups excluding carboxylic acids is 1. The molecule has 196 valence electrons. The molecule has 2 aliphatic rings. The number of carbonyl (C=O) groups is 1. The third kappa shape index (κ3) is 5.98. The molecule has 0 radical (unpaired) electrons. The van der Waals surface area contributed by atoms with Gasteiger partial charge in [-0.1, -0.05) is 30.3 Å². The molecule has 8 heteroatoms. The molecule has 1 spiro atoms. The molecule has 5 rings (SSSR count). The van der Waals surface area contributed by atoms with Crippen LogP contribution in [0.5, 0.6) is 11.5 Å². The number of amides is 1. The minimum Gasteiger partial charge on any atom is -0.497 e. The predicted molar refractivity (Wildman–Crippen MR) is 137 cm³/mol. The van der Waals surface area contributed by atoms with Crippen LogP contribution in [0.25, 0.3) is 0 Å². The lowest BCUT2D eigenvalue weighted by Crippen LogP contribution is -2.47. The molecule has 2 aromatic carbocycles. The number of nitrogens with zero attached hydrogens (tertiary/aromatic N) is 2. The molecule has 0 saturated carbocycles. The molecule has 0 aliphatic carbocycles. The van der Waals surface area contributed by atoms with Crippen molar-refractivity contribution >= 4 is 5.91 Å². The molecule has 2 fully saturated rings. The van der Waals surface area contributed by atoms with Crippen LogP contribution in [-0.2, 0) is 29.1 Å². The van der Waals surface area contributed by atoms with E-state index in [1.807, 2.05) is 47.4 Å². The Labute approximate surface area is 217 Å². The summed E-state index contributed by atoms with van der Waals surface area (Å²) in [4.78, 5) is 17.2. The highest BCUT2D eigenvalue weighted by Crippen LogP contribution is 2.32. The summed E-state index contributed by atoms with van der Waals surface area (Å²) >= 11 is 0. The van der Waals surface area contributed by atoms with E-state index in [0.717, 1.165) is 22.8 Å². The summed E-state index contributed by atoms with van der Waals surface area (Å²) in [5.41, 5.74) is 2.20. The Kier molecular flexibility index (Phi) is 7.79. The van der Waals surface area contributed by atoms with Crippen LogP contribution in [-0.4, -0.2) is 62.0 Å². The maximum absolute atomic E-state index is 13.1. The maximum atomic E-state index is 13.1. The minimum atomic E-state index is -0.510. The van der Waals surface area contributed by atoms with Gasteiger partial charge >= 0.3 is 0 Å².